The molecule has 0 amide bonds. The van der Waals surface area contributed by atoms with Crippen LogP contribution in [-0.4, -0.2) is 120 Å². The Morgan fingerprint density at radius 1 is 0.714 bits per heavy atom. The molecule has 0 aliphatic rings. The quantitative estimate of drug-likeness (QED) is 0.241. The van der Waals surface area contributed by atoms with Crippen LogP contribution in [0.3, 0.4) is 0 Å². The second-order valence-corrected chi connectivity index (χ2v) is 5.35. The van der Waals surface area contributed by atoms with Gasteiger partial charge < -0.3 is 30.6 Å². The van der Waals surface area contributed by atoms with E-state index in [1.54, 1.807) is 0 Å². The molecule has 0 aliphatic heterocycles. The third kappa shape index (κ3) is 40.0. The first-order valence-electron chi connectivity index (χ1n) is 7.77. The van der Waals surface area contributed by atoms with Gasteiger partial charge in [-0.05, 0) is 33.6 Å². The Hall–Kier alpha value is -0.854. The van der Waals surface area contributed by atoms with Gasteiger partial charge in [0, 0.05) is 93.8 Å². The monoisotopic (exact) mass is 431 g/mol. The average Bonchev–Trinajstić information content (AvgIpc) is 2.57. The second kappa shape index (κ2) is 26.1. The Morgan fingerprint density at radius 3 is 1.04 bits per heavy atom. The van der Waals surface area contributed by atoms with Crippen LogP contribution >= 0.6 is 0 Å². The maximum absolute atomic E-state index is 9.60. The van der Waals surface area contributed by atoms with E-state index in [2.05, 4.69) is 19.7 Å². The standard InChI is InChI=1S/C6H14O3.3C4H6O2.K/c7-3-1-2-6(4-8)5-9;3*1-3(2)4(5)6;/h6-9H,1-5H2;3*1H2,2H3,(H,5,6);. The Kier molecular flexibility index (Phi) is 35.3. The van der Waals surface area contributed by atoms with Gasteiger partial charge in [0.1, 0.15) is 0 Å². The Balaban J connectivity index is -0.0000000846. The van der Waals surface area contributed by atoms with Crippen LogP contribution in [0, 0.1) is 5.92 Å². The summed E-state index contributed by atoms with van der Waals surface area (Å²) < 4.78 is 0. The summed E-state index contributed by atoms with van der Waals surface area (Å²) in [5.41, 5.74) is 0.528. The minimum Gasteiger partial charge on any atom is -0.478 e. The molecular weight excluding hydrogens is 399 g/mol. The van der Waals surface area contributed by atoms with Crippen molar-refractivity contribution in [2.24, 2.45) is 5.92 Å². The first-order chi connectivity index (χ1) is 12.3. The van der Waals surface area contributed by atoms with Crippen molar-refractivity contribution in [2.75, 3.05) is 19.8 Å². The molecule has 0 unspecified atom stereocenters. The van der Waals surface area contributed by atoms with Crippen molar-refractivity contribution >= 4 is 69.3 Å². The van der Waals surface area contributed by atoms with Gasteiger partial charge in [-0.15, -0.1) is 0 Å². The van der Waals surface area contributed by atoms with Crippen LogP contribution < -0.4 is 0 Å². The fourth-order valence-corrected chi connectivity index (χ4v) is 0.620. The maximum atomic E-state index is 9.60. The van der Waals surface area contributed by atoms with Crippen LogP contribution in [0.15, 0.2) is 36.5 Å². The van der Waals surface area contributed by atoms with Crippen molar-refractivity contribution in [1.29, 1.82) is 0 Å². The van der Waals surface area contributed by atoms with E-state index in [1.807, 2.05) is 0 Å². The van der Waals surface area contributed by atoms with E-state index in [0.29, 0.717) is 12.8 Å². The fourth-order valence-electron chi connectivity index (χ4n) is 0.620. The minimum absolute atomic E-state index is 0. The van der Waals surface area contributed by atoms with E-state index in [0.717, 1.165) is 0 Å². The molecule has 0 fully saturated rings. The van der Waals surface area contributed by atoms with Gasteiger partial charge in [0.2, 0.25) is 0 Å². The van der Waals surface area contributed by atoms with Gasteiger partial charge in [-0.3, -0.25) is 0 Å². The van der Waals surface area contributed by atoms with Gasteiger partial charge in [0.25, 0.3) is 0 Å². The van der Waals surface area contributed by atoms with Crippen LogP contribution in [0.5, 0.6) is 0 Å². The molecule has 159 valence electrons. The zero-order valence-electron chi connectivity index (χ0n) is 17.1. The number of carboxylic acids is 3. The summed E-state index contributed by atoms with van der Waals surface area (Å²) in [6.45, 7) is 14.0. The third-order valence-corrected chi connectivity index (χ3v) is 2.38. The van der Waals surface area contributed by atoms with E-state index in [9.17, 15) is 14.4 Å². The van der Waals surface area contributed by atoms with Crippen LogP contribution in [-0.2, 0) is 14.4 Å². The first kappa shape index (κ1) is 37.8. The number of hydrogen-bond donors (Lipinski definition) is 6. The van der Waals surface area contributed by atoms with Gasteiger partial charge in [0.05, 0.1) is 0 Å². The fraction of sp³-hybridized carbons (Fsp3) is 0.500. The summed E-state index contributed by atoms with van der Waals surface area (Å²) in [4.78, 5) is 28.8. The zero-order chi connectivity index (χ0) is 22.6. The number of carbonyl (C=O) groups is 3. The summed E-state index contributed by atoms with van der Waals surface area (Å²) in [6.07, 6.45) is 1.36. The molecule has 0 aromatic carbocycles. The van der Waals surface area contributed by atoms with Crippen LogP contribution in [0.2, 0.25) is 0 Å². The van der Waals surface area contributed by atoms with Gasteiger partial charge in [0.15, 0.2) is 0 Å². The average molecular weight is 432 g/mol. The molecule has 1 radical (unpaired) electrons. The van der Waals surface area contributed by atoms with E-state index < -0.39 is 17.9 Å². The summed E-state index contributed by atoms with van der Waals surface area (Å²) in [5.74, 6) is -2.85. The zero-order valence-corrected chi connectivity index (χ0v) is 20.3. The van der Waals surface area contributed by atoms with Crippen molar-refractivity contribution in [3.63, 3.8) is 0 Å². The predicted octanol–water partition coefficient (Wildman–Crippen LogP) is 0.920. The van der Waals surface area contributed by atoms with Crippen molar-refractivity contribution in [3.8, 4) is 0 Å². The Bertz CT molecular complexity index is 390. The SMILES string of the molecule is C=C(C)C(=O)O.C=C(C)C(=O)O.C=C(C)C(=O)O.OCCCC(CO)CO.[K]. The van der Waals surface area contributed by atoms with E-state index in [4.69, 9.17) is 30.6 Å². The smallest absolute Gasteiger partial charge is 0.330 e. The number of carboxylic acid groups (broad SMARTS) is 3. The molecule has 28 heavy (non-hydrogen) atoms. The number of aliphatic hydroxyl groups is 3. The Labute approximate surface area is 208 Å². The normalized spacial score (nSPS) is 8.25. The molecule has 0 rings (SSSR count). The molecule has 0 atom stereocenters. The number of rotatable bonds is 8. The van der Waals surface area contributed by atoms with Crippen LogP contribution in [0.1, 0.15) is 33.6 Å². The third-order valence-electron chi connectivity index (χ3n) is 2.38. The molecule has 0 bridgehead atoms. The van der Waals surface area contributed by atoms with Crippen LogP contribution in [0.25, 0.3) is 0 Å². The molecular formula is C18H32KO9. The molecule has 6 N–H and O–H groups in total. The van der Waals surface area contributed by atoms with Gasteiger partial charge in [-0.2, -0.15) is 0 Å². The molecule has 9 nitrogen and oxygen atoms in total. The van der Waals surface area contributed by atoms with Crippen molar-refractivity contribution in [3.05, 3.63) is 36.5 Å². The molecule has 0 saturated carbocycles. The van der Waals surface area contributed by atoms with E-state index in [1.165, 1.54) is 20.8 Å². The summed E-state index contributed by atoms with van der Waals surface area (Å²) in [6, 6.07) is 0. The molecule has 0 spiro atoms. The second-order valence-electron chi connectivity index (χ2n) is 5.35. The van der Waals surface area contributed by atoms with Crippen molar-refractivity contribution in [1.82, 2.24) is 0 Å². The molecule has 0 heterocycles. The first-order valence-corrected chi connectivity index (χ1v) is 7.77. The molecule has 0 saturated heterocycles. The van der Waals surface area contributed by atoms with Gasteiger partial charge in [-0.1, -0.05) is 19.7 Å². The number of hydrogen-bond acceptors (Lipinski definition) is 6. The Morgan fingerprint density at radius 2 is 0.929 bits per heavy atom. The minimum atomic E-state index is -0.935. The van der Waals surface area contributed by atoms with Crippen molar-refractivity contribution in [2.45, 2.75) is 33.6 Å². The molecule has 0 aliphatic carbocycles. The maximum Gasteiger partial charge on any atom is 0.330 e. The largest absolute Gasteiger partial charge is 0.478 e. The summed E-state index contributed by atoms with van der Waals surface area (Å²) >= 11 is 0. The molecule has 0 aromatic heterocycles. The molecule has 10 heteroatoms. The summed E-state index contributed by atoms with van der Waals surface area (Å²) in [5, 5.41) is 49.0. The van der Waals surface area contributed by atoms with Crippen LogP contribution in [0.4, 0.5) is 0 Å². The molecule has 0 aromatic rings. The van der Waals surface area contributed by atoms with E-state index >= 15 is 0 Å². The number of aliphatic carboxylic acids is 3. The summed E-state index contributed by atoms with van der Waals surface area (Å²) in [7, 11) is 0. The van der Waals surface area contributed by atoms with E-state index in [-0.39, 0.29) is 93.8 Å². The number of aliphatic hydroxyl groups excluding tert-OH is 3. The topological polar surface area (TPSA) is 173 Å². The van der Waals surface area contributed by atoms with Crippen molar-refractivity contribution < 1.29 is 45.0 Å². The predicted molar refractivity (Wildman–Crippen MR) is 107 cm³/mol. The van der Waals surface area contributed by atoms with Gasteiger partial charge in [-0.25, -0.2) is 14.4 Å². The van der Waals surface area contributed by atoms with Gasteiger partial charge >= 0.3 is 17.9 Å².